The van der Waals surface area contributed by atoms with Crippen LogP contribution in [0.1, 0.15) is 30.4 Å². The third kappa shape index (κ3) is 2.55. The van der Waals surface area contributed by atoms with Crippen molar-refractivity contribution in [3.8, 4) is 0 Å². The van der Waals surface area contributed by atoms with Crippen LogP contribution in [-0.4, -0.2) is 28.2 Å². The summed E-state index contributed by atoms with van der Waals surface area (Å²) in [5.74, 6) is -1.62. The summed E-state index contributed by atoms with van der Waals surface area (Å²) in [6, 6.07) is 0.582. The number of carboxylic acid groups (broad SMARTS) is 1. The van der Waals surface area contributed by atoms with Gasteiger partial charge in [0.15, 0.2) is 0 Å². The second-order valence-electron chi connectivity index (χ2n) is 3.18. The molecule has 6 heteroatoms. The Balaban J connectivity index is 3.02. The van der Waals surface area contributed by atoms with Crippen LogP contribution in [0.5, 0.6) is 0 Å². The van der Waals surface area contributed by atoms with Gasteiger partial charge in [-0.05, 0) is 19.9 Å². The lowest BCUT2D eigenvalue weighted by molar-refractivity contribution is -0.146. The number of rotatable bonds is 4. The molecule has 88 valence electrons. The molecule has 0 aliphatic carbocycles. The van der Waals surface area contributed by atoms with Gasteiger partial charge in [-0.2, -0.15) is 0 Å². The molecule has 1 unspecified atom stereocenters. The minimum atomic E-state index is -1.14. The fraction of sp³-hybridized carbons (Fsp3) is 0.400. The summed E-state index contributed by atoms with van der Waals surface area (Å²) in [5.41, 5.74) is -0.0365. The van der Waals surface area contributed by atoms with Crippen LogP contribution in [-0.2, 0) is 9.53 Å². The molecule has 5 nitrogen and oxygen atoms in total. The van der Waals surface area contributed by atoms with Crippen molar-refractivity contribution in [3.05, 3.63) is 23.0 Å². The summed E-state index contributed by atoms with van der Waals surface area (Å²) < 4.78 is 6.09. The van der Waals surface area contributed by atoms with Crippen molar-refractivity contribution in [2.75, 3.05) is 6.61 Å². The molecule has 0 saturated carbocycles. The number of hydrogen-bond donors (Lipinski definition) is 1. The lowest BCUT2D eigenvalue weighted by atomic mass is 10.3. The molecule has 1 N–H and O–H groups in total. The van der Waals surface area contributed by atoms with Gasteiger partial charge in [0.25, 0.3) is 0 Å². The minimum absolute atomic E-state index is 0.0365. The summed E-state index contributed by atoms with van der Waals surface area (Å²) in [6.45, 7) is 3.49. The third-order valence-electron chi connectivity index (χ3n) is 2.08. The van der Waals surface area contributed by atoms with Gasteiger partial charge in [-0.1, -0.05) is 11.6 Å². The van der Waals surface area contributed by atoms with Crippen LogP contribution < -0.4 is 0 Å². The molecule has 0 radical (unpaired) electrons. The molecule has 0 aliphatic rings. The van der Waals surface area contributed by atoms with Crippen molar-refractivity contribution in [3.63, 3.8) is 0 Å². The first-order valence-electron chi connectivity index (χ1n) is 4.74. The fourth-order valence-electron chi connectivity index (χ4n) is 1.31. The predicted molar refractivity (Wildman–Crippen MR) is 57.7 cm³/mol. The molecule has 0 aromatic carbocycles. The Morgan fingerprint density at radius 2 is 2.25 bits per heavy atom. The van der Waals surface area contributed by atoms with Crippen LogP contribution in [0.15, 0.2) is 12.3 Å². The number of hydrogen-bond acceptors (Lipinski definition) is 3. The molecule has 0 bridgehead atoms. The van der Waals surface area contributed by atoms with E-state index >= 15 is 0 Å². The first kappa shape index (κ1) is 12.6. The SMILES string of the molecule is CCOC(=O)C(C)n1cc(Cl)cc1C(=O)O. The quantitative estimate of drug-likeness (QED) is 0.824. The van der Waals surface area contributed by atoms with E-state index < -0.39 is 18.0 Å². The Labute approximate surface area is 97.6 Å². The fourth-order valence-corrected chi connectivity index (χ4v) is 1.52. The van der Waals surface area contributed by atoms with Crippen molar-refractivity contribution in [2.45, 2.75) is 19.9 Å². The summed E-state index contributed by atoms with van der Waals surface area (Å²) in [7, 11) is 0. The zero-order valence-corrected chi connectivity index (χ0v) is 9.69. The molecule has 16 heavy (non-hydrogen) atoms. The van der Waals surface area contributed by atoms with Crippen LogP contribution in [0.4, 0.5) is 0 Å². The highest BCUT2D eigenvalue weighted by Gasteiger charge is 2.22. The van der Waals surface area contributed by atoms with E-state index in [1.54, 1.807) is 13.8 Å². The van der Waals surface area contributed by atoms with E-state index in [2.05, 4.69) is 0 Å². The summed E-state index contributed by atoms with van der Waals surface area (Å²) in [5, 5.41) is 9.18. The van der Waals surface area contributed by atoms with Crippen LogP contribution in [0.2, 0.25) is 5.02 Å². The summed E-state index contributed by atoms with van der Waals surface area (Å²) >= 11 is 5.70. The number of nitrogens with zero attached hydrogens (tertiary/aromatic N) is 1. The van der Waals surface area contributed by atoms with Crippen LogP contribution in [0, 0.1) is 0 Å². The zero-order valence-electron chi connectivity index (χ0n) is 8.94. The van der Waals surface area contributed by atoms with E-state index in [0.29, 0.717) is 0 Å². The highest BCUT2D eigenvalue weighted by molar-refractivity contribution is 6.31. The minimum Gasteiger partial charge on any atom is -0.477 e. The highest BCUT2D eigenvalue weighted by atomic mass is 35.5. The Morgan fingerprint density at radius 3 is 2.75 bits per heavy atom. The number of carboxylic acids is 1. The van der Waals surface area contributed by atoms with Gasteiger partial charge >= 0.3 is 11.9 Å². The Kier molecular flexibility index (Phi) is 3.95. The van der Waals surface area contributed by atoms with Crippen molar-refractivity contribution in [1.29, 1.82) is 0 Å². The lowest BCUT2D eigenvalue weighted by Crippen LogP contribution is -2.21. The Hall–Kier alpha value is -1.49. The lowest BCUT2D eigenvalue weighted by Gasteiger charge is -2.13. The topological polar surface area (TPSA) is 68.5 Å². The maximum atomic E-state index is 11.4. The van der Waals surface area contributed by atoms with Gasteiger partial charge < -0.3 is 14.4 Å². The Bertz CT molecular complexity index is 413. The standard InChI is InChI=1S/C10H12ClNO4/c1-3-16-10(15)6(2)12-5-7(11)4-8(12)9(13)14/h4-6H,3H2,1-2H3,(H,13,14). The molecule has 0 saturated heterocycles. The molecule has 0 aliphatic heterocycles. The maximum absolute atomic E-state index is 11.4. The van der Waals surface area contributed by atoms with Crippen molar-refractivity contribution < 1.29 is 19.4 Å². The molecular weight excluding hydrogens is 234 g/mol. The third-order valence-corrected chi connectivity index (χ3v) is 2.29. The molecule has 1 aromatic heterocycles. The van der Waals surface area contributed by atoms with Gasteiger partial charge in [-0.25, -0.2) is 9.59 Å². The van der Waals surface area contributed by atoms with Crippen LogP contribution in [0.3, 0.4) is 0 Å². The number of ether oxygens (including phenoxy) is 1. The van der Waals surface area contributed by atoms with Gasteiger partial charge in [0.2, 0.25) is 0 Å². The van der Waals surface area contributed by atoms with Gasteiger partial charge in [-0.15, -0.1) is 0 Å². The van der Waals surface area contributed by atoms with E-state index in [1.807, 2.05) is 0 Å². The summed E-state index contributed by atoms with van der Waals surface area (Å²) in [6.07, 6.45) is 1.40. The van der Waals surface area contributed by atoms with E-state index in [9.17, 15) is 9.59 Å². The molecule has 1 rings (SSSR count). The molecule has 1 atom stereocenters. The number of aromatic carboxylic acids is 1. The van der Waals surface area contributed by atoms with Crippen molar-refractivity contribution in [1.82, 2.24) is 4.57 Å². The largest absolute Gasteiger partial charge is 0.477 e. The summed E-state index contributed by atoms with van der Waals surface area (Å²) in [4.78, 5) is 22.3. The number of esters is 1. The molecule has 0 fully saturated rings. The second-order valence-corrected chi connectivity index (χ2v) is 3.62. The second kappa shape index (κ2) is 5.03. The van der Waals surface area contributed by atoms with Crippen molar-refractivity contribution in [2.24, 2.45) is 0 Å². The normalized spacial score (nSPS) is 12.2. The zero-order chi connectivity index (χ0) is 12.3. The van der Waals surface area contributed by atoms with Crippen LogP contribution >= 0.6 is 11.6 Å². The molecule has 1 heterocycles. The molecule has 0 amide bonds. The smallest absolute Gasteiger partial charge is 0.352 e. The highest BCUT2D eigenvalue weighted by Crippen LogP contribution is 2.20. The van der Waals surface area contributed by atoms with Crippen molar-refractivity contribution >= 4 is 23.5 Å². The predicted octanol–water partition coefficient (Wildman–Crippen LogP) is 1.96. The first-order chi connectivity index (χ1) is 7.47. The number of carbonyl (C=O) groups excluding carboxylic acids is 1. The number of carbonyl (C=O) groups is 2. The molecule has 1 aromatic rings. The monoisotopic (exact) mass is 245 g/mol. The van der Waals surface area contributed by atoms with E-state index in [-0.39, 0.29) is 17.3 Å². The van der Waals surface area contributed by atoms with Gasteiger partial charge in [0.05, 0.1) is 11.6 Å². The van der Waals surface area contributed by atoms with Gasteiger partial charge in [0, 0.05) is 6.20 Å². The molecule has 0 spiro atoms. The van der Waals surface area contributed by atoms with E-state index in [1.165, 1.54) is 16.8 Å². The van der Waals surface area contributed by atoms with E-state index in [0.717, 1.165) is 0 Å². The van der Waals surface area contributed by atoms with E-state index in [4.69, 9.17) is 21.4 Å². The first-order valence-corrected chi connectivity index (χ1v) is 5.12. The number of aromatic nitrogens is 1. The number of halogens is 1. The molecular formula is C10H12ClNO4. The average molecular weight is 246 g/mol. The van der Waals surface area contributed by atoms with Gasteiger partial charge in [0.1, 0.15) is 11.7 Å². The van der Waals surface area contributed by atoms with Crippen LogP contribution in [0.25, 0.3) is 0 Å². The maximum Gasteiger partial charge on any atom is 0.352 e. The average Bonchev–Trinajstić information content (AvgIpc) is 2.59. The Morgan fingerprint density at radius 1 is 1.62 bits per heavy atom. The van der Waals surface area contributed by atoms with Gasteiger partial charge in [-0.3, -0.25) is 0 Å².